The van der Waals surface area contributed by atoms with Crippen LogP contribution in [-0.4, -0.2) is 38.3 Å². The van der Waals surface area contributed by atoms with Gasteiger partial charge in [-0.3, -0.25) is 4.79 Å². The lowest BCUT2D eigenvalue weighted by Gasteiger charge is -2.29. The molecular weight excluding hydrogens is 449 g/mol. The van der Waals surface area contributed by atoms with Crippen LogP contribution >= 0.6 is 34.3 Å². The van der Waals surface area contributed by atoms with E-state index in [1.54, 1.807) is 11.4 Å². The van der Waals surface area contributed by atoms with Gasteiger partial charge in [-0.15, -0.1) is 22.7 Å². The van der Waals surface area contributed by atoms with Gasteiger partial charge in [0.2, 0.25) is 11.5 Å². The largest absolute Gasteiger partial charge is 0.424 e. The summed E-state index contributed by atoms with van der Waals surface area (Å²) in [5, 5.41) is 15.1. The van der Waals surface area contributed by atoms with Gasteiger partial charge in [0, 0.05) is 37.8 Å². The van der Waals surface area contributed by atoms with Gasteiger partial charge in [-0.05, 0) is 12.1 Å². The number of halogens is 4. The highest BCUT2D eigenvalue weighted by atomic mass is 35.5. The minimum absolute atomic E-state index is 0.0809. The van der Waals surface area contributed by atoms with Gasteiger partial charge in [-0.25, -0.2) is 9.97 Å². The third kappa shape index (κ3) is 4.80. The number of alkyl halides is 3. The van der Waals surface area contributed by atoms with Gasteiger partial charge in [0.25, 0.3) is 0 Å². The van der Waals surface area contributed by atoms with Crippen molar-refractivity contribution < 1.29 is 23.1 Å². The van der Waals surface area contributed by atoms with Crippen LogP contribution in [0.5, 0.6) is 0 Å². The van der Waals surface area contributed by atoms with Crippen LogP contribution in [-0.2, 0) is 23.9 Å². The van der Waals surface area contributed by atoms with E-state index in [-0.39, 0.29) is 13.0 Å². The Labute approximate surface area is 177 Å². The van der Waals surface area contributed by atoms with E-state index in [1.165, 1.54) is 42.1 Å². The Bertz CT molecular complexity index is 1000. The zero-order valence-corrected chi connectivity index (χ0v) is 17.4. The summed E-state index contributed by atoms with van der Waals surface area (Å²) in [6.45, 7) is -0.376. The number of thiazole rings is 1. The fraction of sp³-hybridized carbons (Fsp3) is 0.353. The first-order valence-corrected chi connectivity index (χ1v) is 10.4. The van der Waals surface area contributed by atoms with E-state index in [1.807, 2.05) is 6.07 Å². The third-order valence-corrected chi connectivity index (χ3v) is 6.44. The molecule has 0 saturated carbocycles. The molecule has 156 valence electrons. The topological polar surface area (TPSA) is 80.0 Å². The lowest BCUT2D eigenvalue weighted by atomic mass is 9.97. The average molecular weight is 465 g/mol. The van der Waals surface area contributed by atoms with Crippen molar-refractivity contribution >= 4 is 40.2 Å². The molecule has 6 nitrogen and oxygen atoms in total. The maximum Gasteiger partial charge on any atom is 0.424 e. The van der Waals surface area contributed by atoms with Crippen molar-refractivity contribution in [1.82, 2.24) is 19.9 Å². The number of thiophene rings is 1. The molecule has 0 bridgehead atoms. The van der Waals surface area contributed by atoms with Crippen molar-refractivity contribution in [3.8, 4) is 9.88 Å². The zero-order valence-electron chi connectivity index (χ0n) is 15.0. The molecule has 0 aliphatic heterocycles. The van der Waals surface area contributed by atoms with Crippen LogP contribution in [0.15, 0.2) is 29.9 Å². The molecule has 3 aromatic rings. The SMILES string of the molecule is Cn1ccnc1C(O)(CCNC(=O)Cc1csc(-c2ccc(Cl)s2)n1)C(F)(F)F. The fourth-order valence-corrected chi connectivity index (χ4v) is 4.62. The van der Waals surface area contributed by atoms with E-state index >= 15 is 0 Å². The van der Waals surface area contributed by atoms with Crippen LogP contribution < -0.4 is 5.32 Å². The van der Waals surface area contributed by atoms with E-state index < -0.39 is 29.9 Å². The molecule has 0 spiro atoms. The predicted octanol–water partition coefficient (Wildman–Crippen LogP) is 3.76. The number of nitrogens with one attached hydrogen (secondary N) is 1. The van der Waals surface area contributed by atoms with Gasteiger partial charge >= 0.3 is 6.18 Å². The molecule has 29 heavy (non-hydrogen) atoms. The Morgan fingerprint density at radius 2 is 2.14 bits per heavy atom. The molecule has 2 N–H and O–H groups in total. The van der Waals surface area contributed by atoms with E-state index in [0.717, 1.165) is 9.44 Å². The maximum absolute atomic E-state index is 13.5. The van der Waals surface area contributed by atoms with Crippen LogP contribution in [0.3, 0.4) is 0 Å². The van der Waals surface area contributed by atoms with Crippen LogP contribution in [0.25, 0.3) is 9.88 Å². The first-order valence-electron chi connectivity index (χ1n) is 8.34. The number of carbonyl (C=O) groups excluding carboxylic acids is 1. The highest BCUT2D eigenvalue weighted by molar-refractivity contribution is 7.23. The molecule has 3 heterocycles. The smallest absolute Gasteiger partial charge is 0.374 e. The number of hydrogen-bond acceptors (Lipinski definition) is 6. The first kappa shape index (κ1) is 21.8. The van der Waals surface area contributed by atoms with E-state index in [0.29, 0.717) is 15.0 Å². The third-order valence-electron chi connectivity index (χ3n) is 4.15. The fourth-order valence-electron chi connectivity index (χ4n) is 2.68. The summed E-state index contributed by atoms with van der Waals surface area (Å²) in [5.41, 5.74) is -2.66. The lowest BCUT2D eigenvalue weighted by molar-refractivity contribution is -0.272. The second-order valence-corrected chi connectivity index (χ2v) is 8.82. The number of aliphatic hydroxyl groups is 1. The Hall–Kier alpha value is -1.95. The summed E-state index contributed by atoms with van der Waals surface area (Å²) in [6, 6.07) is 3.57. The van der Waals surface area contributed by atoms with Gasteiger partial charge in [0.15, 0.2) is 0 Å². The van der Waals surface area contributed by atoms with Gasteiger partial charge in [-0.1, -0.05) is 11.6 Å². The van der Waals surface area contributed by atoms with E-state index in [9.17, 15) is 23.1 Å². The molecule has 0 aliphatic carbocycles. The number of aromatic nitrogens is 3. The van der Waals surface area contributed by atoms with Gasteiger partial charge in [-0.2, -0.15) is 13.2 Å². The summed E-state index contributed by atoms with van der Waals surface area (Å²) in [4.78, 5) is 20.9. The number of imidazole rings is 1. The minimum atomic E-state index is -4.94. The molecule has 0 saturated heterocycles. The van der Waals surface area contributed by atoms with E-state index in [4.69, 9.17) is 11.6 Å². The highest BCUT2D eigenvalue weighted by Crippen LogP contribution is 2.40. The summed E-state index contributed by atoms with van der Waals surface area (Å²) in [5.74, 6) is -1.02. The Morgan fingerprint density at radius 1 is 1.38 bits per heavy atom. The van der Waals surface area contributed by atoms with Crippen molar-refractivity contribution in [2.75, 3.05) is 6.54 Å². The number of amides is 1. The standard InChI is InChI=1S/C17H16ClF3N4O2S2/c1-25-7-6-23-15(25)16(27,17(19,20)21)4-5-22-13(26)8-10-9-28-14(24-10)11-2-3-12(18)29-11/h2-3,6-7,9,27H,4-5,8H2,1H3,(H,22,26). The monoisotopic (exact) mass is 464 g/mol. The number of rotatable bonds is 7. The highest BCUT2D eigenvalue weighted by Gasteiger charge is 2.57. The van der Waals surface area contributed by atoms with Gasteiger partial charge in [0.05, 0.1) is 21.3 Å². The summed E-state index contributed by atoms with van der Waals surface area (Å²) >= 11 is 8.61. The van der Waals surface area contributed by atoms with Crippen molar-refractivity contribution in [3.63, 3.8) is 0 Å². The van der Waals surface area contributed by atoms with Crippen LogP contribution in [0.2, 0.25) is 4.34 Å². The number of carbonyl (C=O) groups is 1. The molecule has 1 amide bonds. The molecule has 1 unspecified atom stereocenters. The molecular formula is C17H16ClF3N4O2S2. The zero-order chi connectivity index (χ0) is 21.2. The molecule has 12 heteroatoms. The maximum atomic E-state index is 13.5. The second-order valence-electron chi connectivity index (χ2n) is 6.24. The van der Waals surface area contributed by atoms with Crippen molar-refractivity contribution in [3.05, 3.63) is 45.8 Å². The second kappa shape index (κ2) is 8.42. The quantitative estimate of drug-likeness (QED) is 0.558. The van der Waals surface area contributed by atoms with Crippen molar-refractivity contribution in [1.29, 1.82) is 0 Å². The summed E-state index contributed by atoms with van der Waals surface area (Å²) in [6.07, 6.45) is -3.30. The summed E-state index contributed by atoms with van der Waals surface area (Å²) < 4.78 is 42.1. The lowest BCUT2D eigenvalue weighted by Crippen LogP contribution is -2.46. The Balaban J connectivity index is 1.59. The molecule has 0 aromatic carbocycles. The van der Waals surface area contributed by atoms with Crippen LogP contribution in [0, 0.1) is 0 Å². The Kier molecular flexibility index (Phi) is 6.32. The van der Waals surface area contributed by atoms with Crippen LogP contribution in [0.1, 0.15) is 17.9 Å². The molecule has 0 fully saturated rings. The molecule has 3 rings (SSSR count). The van der Waals surface area contributed by atoms with E-state index in [2.05, 4.69) is 15.3 Å². The predicted molar refractivity (Wildman–Crippen MR) is 105 cm³/mol. The molecule has 0 radical (unpaired) electrons. The molecule has 0 aliphatic rings. The first-order chi connectivity index (χ1) is 13.6. The van der Waals surface area contributed by atoms with Crippen molar-refractivity contribution in [2.24, 2.45) is 7.05 Å². The molecule has 1 atom stereocenters. The van der Waals surface area contributed by atoms with Crippen LogP contribution in [0.4, 0.5) is 13.2 Å². The Morgan fingerprint density at radius 3 is 2.72 bits per heavy atom. The average Bonchev–Trinajstić information content (AvgIpc) is 3.35. The summed E-state index contributed by atoms with van der Waals surface area (Å²) in [7, 11) is 1.36. The number of aryl methyl sites for hydroxylation is 1. The van der Waals surface area contributed by atoms with Gasteiger partial charge < -0.3 is 15.0 Å². The van der Waals surface area contributed by atoms with Crippen molar-refractivity contribution in [2.45, 2.75) is 24.6 Å². The normalized spacial score (nSPS) is 14.0. The minimum Gasteiger partial charge on any atom is -0.374 e. The number of hydrogen-bond donors (Lipinski definition) is 2. The van der Waals surface area contributed by atoms with Gasteiger partial charge in [0.1, 0.15) is 10.8 Å². The molecule has 3 aromatic heterocycles. The number of nitrogens with zero attached hydrogens (tertiary/aromatic N) is 3.